The third-order valence-electron chi connectivity index (χ3n) is 4.09. The molecule has 1 atom stereocenters. The van der Waals surface area contributed by atoms with E-state index in [1.165, 1.54) is 6.26 Å². The summed E-state index contributed by atoms with van der Waals surface area (Å²) >= 11 is 1.72. The van der Waals surface area contributed by atoms with Gasteiger partial charge in [-0.15, -0.1) is 0 Å². The predicted octanol–water partition coefficient (Wildman–Crippen LogP) is 1.18. The maximum absolute atomic E-state index is 12.6. The maximum Gasteiger partial charge on any atom is 0.275 e. The van der Waals surface area contributed by atoms with Crippen molar-refractivity contribution in [1.29, 1.82) is 0 Å². The molecule has 0 saturated carbocycles. The molecule has 2 aromatic heterocycles. The van der Waals surface area contributed by atoms with Crippen LogP contribution in [-0.4, -0.2) is 63.9 Å². The topological polar surface area (TPSA) is 101 Å². The number of piperazine rings is 1. The molecule has 1 unspecified atom stereocenters. The average Bonchev–Trinajstić information content (AvgIpc) is 3.16. The fraction of sp³-hybridized carbons (Fsp3) is 0.500. The van der Waals surface area contributed by atoms with E-state index in [4.69, 9.17) is 10.2 Å². The Morgan fingerprint density at radius 1 is 1.32 bits per heavy atom. The van der Waals surface area contributed by atoms with E-state index >= 15 is 0 Å². The average molecular weight is 362 g/mol. The van der Waals surface area contributed by atoms with Crippen molar-refractivity contribution in [2.24, 2.45) is 5.73 Å². The molecule has 0 radical (unpaired) electrons. The second-order valence-electron chi connectivity index (χ2n) is 5.79. The van der Waals surface area contributed by atoms with Gasteiger partial charge >= 0.3 is 0 Å². The second kappa shape index (κ2) is 8.30. The molecule has 134 valence electrons. The van der Waals surface area contributed by atoms with Gasteiger partial charge in [-0.3, -0.25) is 4.79 Å². The summed E-state index contributed by atoms with van der Waals surface area (Å²) < 4.78 is 5.40. The molecular formula is C16H22N6O2S. The minimum absolute atomic E-state index is 0.124. The minimum Gasteiger partial charge on any atom is -0.446 e. The van der Waals surface area contributed by atoms with Crippen LogP contribution in [0.5, 0.6) is 0 Å². The van der Waals surface area contributed by atoms with Gasteiger partial charge in [0.2, 0.25) is 11.8 Å². The molecule has 1 fully saturated rings. The van der Waals surface area contributed by atoms with Gasteiger partial charge in [0.25, 0.3) is 5.91 Å². The highest BCUT2D eigenvalue weighted by Gasteiger charge is 2.26. The molecule has 3 heterocycles. The SMILES string of the molecule is CSCCC(N)c1nc(C(=O)N2CCN(c3ncccn3)CC2)co1. The Bertz CT molecular complexity index is 687. The largest absolute Gasteiger partial charge is 0.446 e. The Labute approximate surface area is 150 Å². The maximum atomic E-state index is 12.6. The number of carbonyl (C=O) groups excluding carboxylic acids is 1. The number of anilines is 1. The number of thioether (sulfide) groups is 1. The molecule has 25 heavy (non-hydrogen) atoms. The Morgan fingerprint density at radius 2 is 2.04 bits per heavy atom. The summed E-state index contributed by atoms with van der Waals surface area (Å²) in [5.74, 6) is 1.92. The van der Waals surface area contributed by atoms with E-state index in [1.807, 2.05) is 6.26 Å². The van der Waals surface area contributed by atoms with Crippen LogP contribution in [0.25, 0.3) is 0 Å². The number of hydrogen-bond donors (Lipinski definition) is 1. The number of oxazole rings is 1. The fourth-order valence-electron chi connectivity index (χ4n) is 2.65. The molecular weight excluding hydrogens is 340 g/mol. The van der Waals surface area contributed by atoms with Gasteiger partial charge in [-0.25, -0.2) is 15.0 Å². The Balaban J connectivity index is 1.57. The third kappa shape index (κ3) is 4.29. The molecule has 0 aromatic carbocycles. The van der Waals surface area contributed by atoms with Gasteiger partial charge in [-0.1, -0.05) is 0 Å². The molecule has 2 aromatic rings. The van der Waals surface area contributed by atoms with Crippen LogP contribution in [-0.2, 0) is 0 Å². The smallest absolute Gasteiger partial charge is 0.275 e. The van der Waals surface area contributed by atoms with Crippen LogP contribution in [0.1, 0.15) is 28.8 Å². The number of amides is 1. The summed E-state index contributed by atoms with van der Waals surface area (Å²) in [6.07, 6.45) is 7.64. The first-order chi connectivity index (χ1) is 12.2. The van der Waals surface area contributed by atoms with Gasteiger partial charge in [0.05, 0.1) is 6.04 Å². The molecule has 2 N–H and O–H groups in total. The first-order valence-corrected chi connectivity index (χ1v) is 9.59. The molecule has 1 saturated heterocycles. The molecule has 0 spiro atoms. The lowest BCUT2D eigenvalue weighted by atomic mass is 10.2. The van der Waals surface area contributed by atoms with E-state index in [1.54, 1.807) is 35.1 Å². The van der Waals surface area contributed by atoms with E-state index in [0.717, 1.165) is 12.2 Å². The van der Waals surface area contributed by atoms with Crippen LogP contribution in [0.15, 0.2) is 29.1 Å². The predicted molar refractivity (Wildman–Crippen MR) is 96.6 cm³/mol. The molecule has 3 rings (SSSR count). The van der Waals surface area contributed by atoms with Crippen LogP contribution in [0.4, 0.5) is 5.95 Å². The van der Waals surface area contributed by atoms with E-state index in [-0.39, 0.29) is 11.9 Å². The van der Waals surface area contributed by atoms with Gasteiger partial charge in [0, 0.05) is 38.6 Å². The van der Waals surface area contributed by atoms with E-state index in [2.05, 4.69) is 19.9 Å². The molecule has 1 amide bonds. The van der Waals surface area contributed by atoms with Crippen molar-refractivity contribution < 1.29 is 9.21 Å². The van der Waals surface area contributed by atoms with Crippen LogP contribution in [0.2, 0.25) is 0 Å². The van der Waals surface area contributed by atoms with Crippen molar-refractivity contribution in [1.82, 2.24) is 19.9 Å². The number of nitrogens with two attached hydrogens (primary N) is 1. The number of aromatic nitrogens is 3. The van der Waals surface area contributed by atoms with Crippen LogP contribution in [0.3, 0.4) is 0 Å². The number of carbonyl (C=O) groups is 1. The van der Waals surface area contributed by atoms with Crippen LogP contribution < -0.4 is 10.6 Å². The normalized spacial score (nSPS) is 16.1. The zero-order valence-corrected chi connectivity index (χ0v) is 15.0. The van der Waals surface area contributed by atoms with Crippen molar-refractivity contribution in [2.75, 3.05) is 43.1 Å². The van der Waals surface area contributed by atoms with Crippen molar-refractivity contribution in [3.8, 4) is 0 Å². The first-order valence-electron chi connectivity index (χ1n) is 8.20. The zero-order chi connectivity index (χ0) is 17.6. The standard InChI is InChI=1S/C16H22N6O2S/c1-25-10-3-12(17)14-20-13(11-24-14)15(23)21-6-8-22(9-7-21)16-18-4-2-5-19-16/h2,4-5,11-12H,3,6-10,17H2,1H3. The zero-order valence-electron chi connectivity index (χ0n) is 14.2. The van der Waals surface area contributed by atoms with Crippen LogP contribution >= 0.6 is 11.8 Å². The Morgan fingerprint density at radius 3 is 2.72 bits per heavy atom. The fourth-order valence-corrected chi connectivity index (χ4v) is 3.14. The van der Waals surface area contributed by atoms with Gasteiger partial charge in [0.15, 0.2) is 5.69 Å². The summed E-state index contributed by atoms with van der Waals surface area (Å²) in [5, 5.41) is 0. The molecule has 9 heteroatoms. The third-order valence-corrected chi connectivity index (χ3v) is 4.74. The minimum atomic E-state index is -0.277. The van der Waals surface area contributed by atoms with Gasteiger partial charge in [0.1, 0.15) is 6.26 Å². The van der Waals surface area contributed by atoms with Crippen molar-refractivity contribution in [2.45, 2.75) is 12.5 Å². The van der Waals surface area contributed by atoms with Gasteiger partial charge < -0.3 is 20.0 Å². The Hall–Kier alpha value is -2.13. The van der Waals surface area contributed by atoms with Gasteiger partial charge in [-0.2, -0.15) is 11.8 Å². The summed E-state index contributed by atoms with van der Waals surface area (Å²) in [5.41, 5.74) is 6.36. The lowest BCUT2D eigenvalue weighted by molar-refractivity contribution is 0.0740. The van der Waals surface area contributed by atoms with E-state index in [0.29, 0.717) is 43.7 Å². The number of rotatable bonds is 6. The first kappa shape index (κ1) is 17.7. The lowest BCUT2D eigenvalue weighted by Gasteiger charge is -2.34. The lowest BCUT2D eigenvalue weighted by Crippen LogP contribution is -2.49. The molecule has 0 bridgehead atoms. The summed E-state index contributed by atoms with van der Waals surface area (Å²) in [4.78, 5) is 29.2. The molecule has 8 nitrogen and oxygen atoms in total. The molecule has 0 aliphatic carbocycles. The highest BCUT2D eigenvalue weighted by Crippen LogP contribution is 2.17. The monoisotopic (exact) mass is 362 g/mol. The molecule has 1 aliphatic rings. The van der Waals surface area contributed by atoms with Crippen molar-refractivity contribution in [3.05, 3.63) is 36.3 Å². The van der Waals surface area contributed by atoms with Crippen molar-refractivity contribution >= 4 is 23.6 Å². The summed E-state index contributed by atoms with van der Waals surface area (Å²) in [6, 6.07) is 1.51. The number of hydrogen-bond acceptors (Lipinski definition) is 8. The van der Waals surface area contributed by atoms with Gasteiger partial charge in [-0.05, 0) is 24.5 Å². The summed E-state index contributed by atoms with van der Waals surface area (Å²) in [6.45, 7) is 2.57. The summed E-state index contributed by atoms with van der Waals surface area (Å²) in [7, 11) is 0. The highest BCUT2D eigenvalue weighted by molar-refractivity contribution is 7.98. The van der Waals surface area contributed by atoms with Crippen LogP contribution in [0, 0.1) is 0 Å². The quantitative estimate of drug-likeness (QED) is 0.817. The highest BCUT2D eigenvalue weighted by atomic mass is 32.2. The Kier molecular flexibility index (Phi) is 5.87. The molecule has 1 aliphatic heterocycles. The number of nitrogens with zero attached hydrogens (tertiary/aromatic N) is 5. The van der Waals surface area contributed by atoms with E-state index < -0.39 is 0 Å². The van der Waals surface area contributed by atoms with E-state index in [9.17, 15) is 4.79 Å². The second-order valence-corrected chi connectivity index (χ2v) is 6.77. The van der Waals surface area contributed by atoms with Crippen molar-refractivity contribution in [3.63, 3.8) is 0 Å².